The minimum atomic E-state index is 0.536. The molecule has 11 rings (SSSR count). The Morgan fingerprint density at radius 2 is 0.741 bits per heavy atom. The molecule has 0 aliphatic rings. The lowest BCUT2D eigenvalue weighted by Crippen LogP contribution is -1.96. The van der Waals surface area contributed by atoms with Gasteiger partial charge in [-0.1, -0.05) is 133 Å². The maximum Gasteiger partial charge on any atom is 0.178 e. The number of pyridine rings is 4. The molecule has 0 bridgehead atoms. The van der Waals surface area contributed by atoms with Gasteiger partial charge in [-0.25, -0.2) is 29.9 Å². The van der Waals surface area contributed by atoms with Crippen molar-refractivity contribution in [2.75, 3.05) is 0 Å². The molecular weight excluding hydrogens is 661 g/mol. The van der Waals surface area contributed by atoms with Crippen LogP contribution in [0.3, 0.4) is 0 Å². The van der Waals surface area contributed by atoms with Gasteiger partial charge in [0, 0.05) is 61.4 Å². The molecule has 6 heteroatoms. The third-order valence-corrected chi connectivity index (χ3v) is 10.3. The van der Waals surface area contributed by atoms with Crippen molar-refractivity contribution in [2.24, 2.45) is 0 Å². The van der Waals surface area contributed by atoms with Gasteiger partial charge in [0.15, 0.2) is 5.82 Å². The predicted octanol–water partition coefficient (Wildman–Crippen LogP) is 11.6. The Labute approximate surface area is 309 Å². The molecular formula is C48H28N6. The molecule has 0 atom stereocenters. The van der Waals surface area contributed by atoms with Crippen LogP contribution in [-0.4, -0.2) is 29.9 Å². The van der Waals surface area contributed by atoms with Crippen LogP contribution in [0.5, 0.6) is 0 Å². The molecule has 0 fully saturated rings. The number of hydrogen-bond acceptors (Lipinski definition) is 6. The topological polar surface area (TPSA) is 77.3 Å². The highest BCUT2D eigenvalue weighted by atomic mass is 14.9. The van der Waals surface area contributed by atoms with E-state index in [1.165, 1.54) is 0 Å². The number of aromatic nitrogens is 6. The summed E-state index contributed by atoms with van der Waals surface area (Å²) in [4.78, 5) is 30.3. The summed E-state index contributed by atoms with van der Waals surface area (Å²) >= 11 is 0. The second kappa shape index (κ2) is 12.1. The second-order valence-electron chi connectivity index (χ2n) is 13.5. The molecule has 5 heterocycles. The van der Waals surface area contributed by atoms with Gasteiger partial charge in [0.05, 0.1) is 38.8 Å². The zero-order chi connectivity index (χ0) is 35.6. The summed E-state index contributed by atoms with van der Waals surface area (Å²) in [5, 5.41) is 6.39. The first kappa shape index (κ1) is 30.2. The first-order valence-corrected chi connectivity index (χ1v) is 17.9. The highest BCUT2D eigenvalue weighted by molar-refractivity contribution is 6.17. The van der Waals surface area contributed by atoms with E-state index in [2.05, 4.69) is 121 Å². The van der Waals surface area contributed by atoms with Crippen LogP contribution in [0.2, 0.25) is 0 Å². The standard InChI is InChI=1S/C48H28N6/c1-3-11-29(12-4-1)42-34-15-7-9-17-39(34)52-46-36(42)23-19-31-21-25-38(51-44(31)46)33-27-49-48(50-28-33)41-26-22-32-20-24-37-43(30-13-5-2-6-14-30)35-16-8-10-18-40(35)53-47(37)45(32)54-41/h1-28H. The number of para-hydroxylation sites is 2. The maximum absolute atomic E-state index is 5.18. The average molecular weight is 689 g/mol. The molecule has 0 N–H and O–H groups in total. The summed E-state index contributed by atoms with van der Waals surface area (Å²) in [6.07, 6.45) is 3.65. The largest absolute Gasteiger partial charge is 0.245 e. The van der Waals surface area contributed by atoms with Crippen LogP contribution in [-0.2, 0) is 0 Å². The third kappa shape index (κ3) is 4.81. The van der Waals surface area contributed by atoms with Gasteiger partial charge in [0.2, 0.25) is 0 Å². The highest BCUT2D eigenvalue weighted by Crippen LogP contribution is 2.39. The molecule has 5 aromatic heterocycles. The maximum atomic E-state index is 5.18. The molecule has 6 aromatic carbocycles. The lowest BCUT2D eigenvalue weighted by molar-refractivity contribution is 1.15. The molecule has 0 saturated heterocycles. The predicted molar refractivity (Wildman–Crippen MR) is 220 cm³/mol. The molecule has 250 valence electrons. The average Bonchev–Trinajstić information content (AvgIpc) is 3.25. The molecule has 0 radical (unpaired) electrons. The molecule has 6 nitrogen and oxygen atoms in total. The molecule has 0 aliphatic carbocycles. The first-order chi connectivity index (χ1) is 26.8. The van der Waals surface area contributed by atoms with Crippen molar-refractivity contribution in [3.05, 3.63) is 170 Å². The first-order valence-electron chi connectivity index (χ1n) is 17.9. The third-order valence-electron chi connectivity index (χ3n) is 10.3. The molecule has 0 amide bonds. The van der Waals surface area contributed by atoms with Gasteiger partial charge < -0.3 is 0 Å². The Bertz CT molecular complexity index is 3030. The highest BCUT2D eigenvalue weighted by Gasteiger charge is 2.17. The van der Waals surface area contributed by atoms with Crippen molar-refractivity contribution in [1.82, 2.24) is 29.9 Å². The lowest BCUT2D eigenvalue weighted by Gasteiger charge is -2.13. The van der Waals surface area contributed by atoms with Crippen molar-refractivity contribution in [3.8, 4) is 45.0 Å². The number of benzene rings is 6. The Balaban J connectivity index is 1.03. The van der Waals surface area contributed by atoms with Crippen molar-refractivity contribution in [2.45, 2.75) is 0 Å². The monoisotopic (exact) mass is 688 g/mol. The van der Waals surface area contributed by atoms with E-state index in [1.54, 1.807) is 0 Å². The van der Waals surface area contributed by atoms with E-state index in [-0.39, 0.29) is 0 Å². The van der Waals surface area contributed by atoms with E-state index in [1.807, 2.05) is 48.8 Å². The van der Waals surface area contributed by atoms with E-state index in [0.717, 1.165) is 98.9 Å². The van der Waals surface area contributed by atoms with Gasteiger partial charge in [-0.3, -0.25) is 0 Å². The van der Waals surface area contributed by atoms with Crippen LogP contribution in [0.4, 0.5) is 0 Å². The second-order valence-corrected chi connectivity index (χ2v) is 13.5. The summed E-state index contributed by atoms with van der Waals surface area (Å²) in [6.45, 7) is 0. The van der Waals surface area contributed by atoms with Crippen LogP contribution in [0, 0.1) is 0 Å². The summed E-state index contributed by atoms with van der Waals surface area (Å²) in [7, 11) is 0. The molecule has 54 heavy (non-hydrogen) atoms. The van der Waals surface area contributed by atoms with Gasteiger partial charge in [0.25, 0.3) is 0 Å². The fourth-order valence-corrected chi connectivity index (χ4v) is 7.78. The molecule has 0 saturated carbocycles. The van der Waals surface area contributed by atoms with Crippen LogP contribution in [0.1, 0.15) is 0 Å². The zero-order valence-electron chi connectivity index (χ0n) is 28.8. The van der Waals surface area contributed by atoms with Crippen LogP contribution in [0.25, 0.3) is 110 Å². The van der Waals surface area contributed by atoms with Crippen LogP contribution < -0.4 is 0 Å². The Morgan fingerprint density at radius 1 is 0.296 bits per heavy atom. The van der Waals surface area contributed by atoms with Gasteiger partial charge in [-0.2, -0.15) is 0 Å². The quantitative estimate of drug-likeness (QED) is 0.135. The van der Waals surface area contributed by atoms with E-state index in [9.17, 15) is 0 Å². The van der Waals surface area contributed by atoms with E-state index in [4.69, 9.17) is 29.9 Å². The minimum Gasteiger partial charge on any atom is -0.245 e. The van der Waals surface area contributed by atoms with Crippen LogP contribution >= 0.6 is 0 Å². The Morgan fingerprint density at radius 3 is 1.28 bits per heavy atom. The van der Waals surface area contributed by atoms with E-state index < -0.39 is 0 Å². The van der Waals surface area contributed by atoms with Crippen molar-refractivity contribution >= 4 is 65.4 Å². The normalized spacial score (nSPS) is 11.7. The fourth-order valence-electron chi connectivity index (χ4n) is 7.78. The number of fused-ring (bicyclic) bond motifs is 8. The lowest BCUT2D eigenvalue weighted by atomic mass is 9.95. The molecule has 0 unspecified atom stereocenters. The smallest absolute Gasteiger partial charge is 0.178 e. The summed E-state index contributed by atoms with van der Waals surface area (Å²) in [5.41, 5.74) is 12.1. The van der Waals surface area contributed by atoms with Crippen molar-refractivity contribution in [1.29, 1.82) is 0 Å². The SMILES string of the molecule is c1ccc(-c2c3ccccc3nc3c2ccc2ccc(-c4cnc(-c5ccc6ccc7c(-c8ccccc8)c8ccccc8nc7c6n5)nc4)nc23)cc1. The summed E-state index contributed by atoms with van der Waals surface area (Å²) < 4.78 is 0. The fraction of sp³-hybridized carbons (Fsp3) is 0. The summed E-state index contributed by atoms with van der Waals surface area (Å²) in [5.74, 6) is 0.536. The number of rotatable bonds is 4. The minimum absolute atomic E-state index is 0.536. The van der Waals surface area contributed by atoms with E-state index >= 15 is 0 Å². The van der Waals surface area contributed by atoms with Gasteiger partial charge >= 0.3 is 0 Å². The van der Waals surface area contributed by atoms with Crippen molar-refractivity contribution < 1.29 is 0 Å². The zero-order valence-corrected chi connectivity index (χ0v) is 28.8. The van der Waals surface area contributed by atoms with E-state index in [0.29, 0.717) is 11.5 Å². The van der Waals surface area contributed by atoms with Gasteiger partial charge in [-0.15, -0.1) is 0 Å². The molecule has 0 aliphatic heterocycles. The van der Waals surface area contributed by atoms with Gasteiger partial charge in [-0.05, 0) is 35.4 Å². The molecule has 11 aromatic rings. The number of hydrogen-bond donors (Lipinski definition) is 0. The van der Waals surface area contributed by atoms with Crippen LogP contribution in [0.15, 0.2) is 170 Å². The Hall–Kier alpha value is -7.44. The van der Waals surface area contributed by atoms with Crippen molar-refractivity contribution in [3.63, 3.8) is 0 Å². The number of nitrogens with zero attached hydrogens (tertiary/aromatic N) is 6. The summed E-state index contributed by atoms with van der Waals surface area (Å²) in [6, 6.07) is 54.4. The Kier molecular flexibility index (Phi) is 6.75. The van der Waals surface area contributed by atoms with Gasteiger partial charge in [0.1, 0.15) is 5.69 Å². The molecule has 0 spiro atoms.